The van der Waals surface area contributed by atoms with Gasteiger partial charge in [-0.15, -0.1) is 0 Å². The lowest BCUT2D eigenvalue weighted by molar-refractivity contribution is 0.248. The number of ether oxygens (including phenoxy) is 1. The van der Waals surface area contributed by atoms with E-state index in [1.54, 1.807) is 7.11 Å². The highest BCUT2D eigenvalue weighted by molar-refractivity contribution is 5.72. The molecule has 0 amide bonds. The van der Waals surface area contributed by atoms with Crippen LogP contribution in [0.2, 0.25) is 0 Å². The maximum Gasteiger partial charge on any atom is 0.143 e. The molecule has 0 aliphatic rings. The second-order valence-electron chi connectivity index (χ2n) is 5.27. The minimum Gasteiger partial charge on any atom is -0.495 e. The van der Waals surface area contributed by atoms with Crippen molar-refractivity contribution in [3.8, 4) is 5.75 Å². The molecule has 4 N–H and O–H groups in total. The predicted molar refractivity (Wildman–Crippen MR) is 76.0 cm³/mol. The Morgan fingerprint density at radius 3 is 2.72 bits per heavy atom. The summed E-state index contributed by atoms with van der Waals surface area (Å²) in [6.45, 7) is 5.40. The summed E-state index contributed by atoms with van der Waals surface area (Å²) in [5, 5.41) is 12.2. The van der Waals surface area contributed by atoms with E-state index in [9.17, 15) is 0 Å². The molecule has 0 heterocycles. The van der Waals surface area contributed by atoms with Gasteiger partial charge in [-0.25, -0.2) is 0 Å². The van der Waals surface area contributed by atoms with Gasteiger partial charge in [-0.1, -0.05) is 19.9 Å². The number of nitrogen functional groups attached to an aromatic ring is 1. The second kappa shape index (κ2) is 6.50. The van der Waals surface area contributed by atoms with Crippen LogP contribution in [0.15, 0.2) is 18.2 Å². The first-order chi connectivity index (χ1) is 8.50. The highest BCUT2D eigenvalue weighted by atomic mass is 16.5. The molecule has 1 rings (SSSR count). The van der Waals surface area contributed by atoms with Gasteiger partial charge in [0.05, 0.1) is 18.5 Å². The zero-order valence-corrected chi connectivity index (χ0v) is 11.5. The maximum absolute atomic E-state index is 8.87. The van der Waals surface area contributed by atoms with Gasteiger partial charge in [0.15, 0.2) is 0 Å². The van der Waals surface area contributed by atoms with Crippen LogP contribution in [-0.4, -0.2) is 25.4 Å². The second-order valence-corrected chi connectivity index (χ2v) is 5.27. The summed E-state index contributed by atoms with van der Waals surface area (Å²) in [5.74, 6) is 0.688. The third kappa shape index (κ3) is 4.11. The van der Waals surface area contributed by atoms with Crippen LogP contribution >= 0.6 is 0 Å². The van der Waals surface area contributed by atoms with Crippen LogP contribution < -0.4 is 15.8 Å². The first-order valence-electron chi connectivity index (χ1n) is 6.27. The fourth-order valence-corrected chi connectivity index (χ4v) is 1.86. The van der Waals surface area contributed by atoms with Crippen LogP contribution in [0.25, 0.3) is 0 Å². The molecule has 0 saturated heterocycles. The summed E-state index contributed by atoms with van der Waals surface area (Å²) in [6, 6.07) is 5.70. The Labute approximate surface area is 109 Å². The Bertz CT molecular complexity index is 378. The molecule has 18 heavy (non-hydrogen) atoms. The number of rotatable bonds is 7. The number of nitrogens with one attached hydrogen (secondary N) is 1. The quantitative estimate of drug-likeness (QED) is 0.652. The van der Waals surface area contributed by atoms with Gasteiger partial charge in [0.25, 0.3) is 0 Å². The minimum atomic E-state index is 0.123. The summed E-state index contributed by atoms with van der Waals surface area (Å²) in [7, 11) is 1.61. The number of aliphatic hydroxyl groups excluding tert-OH is 1. The lowest BCUT2D eigenvalue weighted by Crippen LogP contribution is -2.23. The molecule has 4 nitrogen and oxygen atoms in total. The molecular weight excluding hydrogens is 228 g/mol. The first kappa shape index (κ1) is 14.6. The molecule has 0 spiro atoms. The molecule has 0 atom stereocenters. The number of anilines is 2. The molecular formula is C14H24N2O2. The lowest BCUT2D eigenvalue weighted by Gasteiger charge is -2.25. The van der Waals surface area contributed by atoms with Gasteiger partial charge >= 0.3 is 0 Å². The maximum atomic E-state index is 8.87. The van der Waals surface area contributed by atoms with Crippen molar-refractivity contribution in [2.24, 2.45) is 5.41 Å². The molecule has 0 unspecified atom stereocenters. The summed E-state index contributed by atoms with van der Waals surface area (Å²) >= 11 is 0. The average Bonchev–Trinajstić information content (AvgIpc) is 2.35. The molecule has 4 heteroatoms. The van der Waals surface area contributed by atoms with Gasteiger partial charge in [0, 0.05) is 13.2 Å². The molecule has 0 aliphatic heterocycles. The van der Waals surface area contributed by atoms with Crippen molar-refractivity contribution in [2.45, 2.75) is 26.7 Å². The third-order valence-electron chi connectivity index (χ3n) is 3.06. The Morgan fingerprint density at radius 2 is 2.11 bits per heavy atom. The lowest BCUT2D eigenvalue weighted by atomic mass is 9.88. The van der Waals surface area contributed by atoms with Crippen LogP contribution in [-0.2, 0) is 0 Å². The van der Waals surface area contributed by atoms with E-state index in [1.165, 1.54) is 0 Å². The smallest absolute Gasteiger partial charge is 0.143 e. The van der Waals surface area contributed by atoms with E-state index in [4.69, 9.17) is 15.6 Å². The van der Waals surface area contributed by atoms with E-state index in [0.717, 1.165) is 25.1 Å². The first-order valence-corrected chi connectivity index (χ1v) is 6.27. The van der Waals surface area contributed by atoms with Gasteiger partial charge in [0.2, 0.25) is 0 Å². The number of benzene rings is 1. The van der Waals surface area contributed by atoms with Gasteiger partial charge in [0.1, 0.15) is 5.75 Å². The Morgan fingerprint density at radius 1 is 1.39 bits per heavy atom. The summed E-state index contributed by atoms with van der Waals surface area (Å²) in [5.41, 5.74) is 7.65. The van der Waals surface area contributed by atoms with Crippen molar-refractivity contribution >= 4 is 11.4 Å². The minimum absolute atomic E-state index is 0.123. The van der Waals surface area contributed by atoms with Crippen LogP contribution in [0.4, 0.5) is 11.4 Å². The molecule has 1 aromatic rings. The van der Waals surface area contributed by atoms with Crippen molar-refractivity contribution < 1.29 is 9.84 Å². The Hall–Kier alpha value is -1.42. The number of aliphatic hydroxyl groups is 1. The van der Waals surface area contributed by atoms with E-state index in [-0.39, 0.29) is 12.0 Å². The van der Waals surface area contributed by atoms with E-state index in [0.29, 0.717) is 11.4 Å². The predicted octanol–water partition coefficient (Wildman–Crippen LogP) is 2.49. The monoisotopic (exact) mass is 252 g/mol. The number of hydrogen-bond donors (Lipinski definition) is 3. The van der Waals surface area contributed by atoms with Crippen molar-refractivity contribution in [3.05, 3.63) is 18.2 Å². The van der Waals surface area contributed by atoms with Crippen molar-refractivity contribution in [1.82, 2.24) is 0 Å². The summed E-state index contributed by atoms with van der Waals surface area (Å²) < 4.78 is 5.18. The molecule has 0 aromatic heterocycles. The van der Waals surface area contributed by atoms with Crippen molar-refractivity contribution in [1.29, 1.82) is 0 Å². The molecule has 1 aromatic carbocycles. The molecule has 0 saturated carbocycles. The molecule has 0 bridgehead atoms. The van der Waals surface area contributed by atoms with Crippen molar-refractivity contribution in [2.75, 3.05) is 31.3 Å². The Balaban J connectivity index is 2.63. The zero-order chi connectivity index (χ0) is 13.6. The van der Waals surface area contributed by atoms with E-state index in [1.807, 2.05) is 18.2 Å². The standard InChI is InChI=1S/C14H24N2O2/c1-14(2,8-5-9-17)10-16-11-6-4-7-12(18-3)13(11)15/h4,6-7,16-17H,5,8-10,15H2,1-3H3. The van der Waals surface area contributed by atoms with Crippen LogP contribution in [0.5, 0.6) is 5.75 Å². The van der Waals surface area contributed by atoms with Gasteiger partial charge < -0.3 is 20.9 Å². The topological polar surface area (TPSA) is 67.5 Å². The number of hydrogen-bond acceptors (Lipinski definition) is 4. The van der Waals surface area contributed by atoms with E-state index >= 15 is 0 Å². The molecule has 102 valence electrons. The van der Waals surface area contributed by atoms with Crippen LogP contribution in [0, 0.1) is 5.41 Å². The summed E-state index contributed by atoms with van der Waals surface area (Å²) in [4.78, 5) is 0. The zero-order valence-electron chi connectivity index (χ0n) is 11.5. The normalized spacial score (nSPS) is 11.3. The van der Waals surface area contributed by atoms with Gasteiger partial charge in [-0.3, -0.25) is 0 Å². The largest absolute Gasteiger partial charge is 0.495 e. The molecule has 0 aliphatic carbocycles. The number of nitrogens with two attached hydrogens (primary N) is 1. The fourth-order valence-electron chi connectivity index (χ4n) is 1.86. The number of methoxy groups -OCH3 is 1. The van der Waals surface area contributed by atoms with Crippen LogP contribution in [0.3, 0.4) is 0 Å². The van der Waals surface area contributed by atoms with E-state index < -0.39 is 0 Å². The van der Waals surface area contributed by atoms with Crippen molar-refractivity contribution in [3.63, 3.8) is 0 Å². The van der Waals surface area contributed by atoms with E-state index in [2.05, 4.69) is 19.2 Å². The highest BCUT2D eigenvalue weighted by Crippen LogP contribution is 2.30. The third-order valence-corrected chi connectivity index (χ3v) is 3.06. The number of para-hydroxylation sites is 1. The SMILES string of the molecule is COc1cccc(NCC(C)(C)CCCO)c1N. The average molecular weight is 252 g/mol. The Kier molecular flexibility index (Phi) is 5.28. The fraction of sp³-hybridized carbons (Fsp3) is 0.571. The molecule has 0 radical (unpaired) electrons. The summed E-state index contributed by atoms with van der Waals surface area (Å²) in [6.07, 6.45) is 1.79. The molecule has 0 fully saturated rings. The van der Waals surface area contributed by atoms with Crippen LogP contribution in [0.1, 0.15) is 26.7 Å². The van der Waals surface area contributed by atoms with Gasteiger partial charge in [-0.05, 0) is 30.4 Å². The van der Waals surface area contributed by atoms with Gasteiger partial charge in [-0.2, -0.15) is 0 Å². The highest BCUT2D eigenvalue weighted by Gasteiger charge is 2.17.